The SMILES string of the molecule is CCc1nn(-c2ccc(C)c(Cl)c2)c(CC)c1CCN. The summed E-state index contributed by atoms with van der Waals surface area (Å²) in [4.78, 5) is 0. The van der Waals surface area contributed by atoms with Crippen molar-refractivity contribution in [2.45, 2.75) is 40.0 Å². The largest absolute Gasteiger partial charge is 0.330 e. The van der Waals surface area contributed by atoms with Crippen molar-refractivity contribution in [3.05, 3.63) is 45.7 Å². The topological polar surface area (TPSA) is 43.8 Å². The molecule has 20 heavy (non-hydrogen) atoms. The number of hydrogen-bond donors (Lipinski definition) is 1. The van der Waals surface area contributed by atoms with E-state index >= 15 is 0 Å². The molecular weight excluding hydrogens is 270 g/mol. The second-order valence-electron chi connectivity index (χ2n) is 4.96. The van der Waals surface area contributed by atoms with Gasteiger partial charge in [0.1, 0.15) is 0 Å². The van der Waals surface area contributed by atoms with Crippen molar-refractivity contribution in [1.29, 1.82) is 0 Å². The highest BCUT2D eigenvalue weighted by molar-refractivity contribution is 6.31. The lowest BCUT2D eigenvalue weighted by Crippen LogP contribution is -2.07. The summed E-state index contributed by atoms with van der Waals surface area (Å²) in [5, 5.41) is 5.54. The van der Waals surface area contributed by atoms with Crippen LogP contribution in [0.2, 0.25) is 5.02 Å². The van der Waals surface area contributed by atoms with Crippen LogP contribution in [0.1, 0.15) is 36.4 Å². The first kappa shape index (κ1) is 15.1. The summed E-state index contributed by atoms with van der Waals surface area (Å²) in [6, 6.07) is 6.08. The molecule has 0 radical (unpaired) electrons. The Morgan fingerprint density at radius 2 is 2.00 bits per heavy atom. The molecule has 0 amide bonds. The molecule has 0 fully saturated rings. The van der Waals surface area contributed by atoms with Crippen molar-refractivity contribution in [2.24, 2.45) is 5.73 Å². The summed E-state index contributed by atoms with van der Waals surface area (Å²) in [7, 11) is 0. The Kier molecular flexibility index (Phi) is 4.84. The average molecular weight is 292 g/mol. The normalized spacial score (nSPS) is 11.1. The number of benzene rings is 1. The van der Waals surface area contributed by atoms with E-state index in [0.717, 1.165) is 41.2 Å². The molecule has 1 aromatic carbocycles. The summed E-state index contributed by atoms with van der Waals surface area (Å²) in [5.41, 5.74) is 11.5. The molecule has 2 rings (SSSR count). The van der Waals surface area contributed by atoms with E-state index in [2.05, 4.69) is 19.9 Å². The third-order valence-electron chi connectivity index (χ3n) is 3.64. The predicted octanol–water partition coefficient (Wildman–Crippen LogP) is 3.46. The zero-order valence-corrected chi connectivity index (χ0v) is 13.2. The van der Waals surface area contributed by atoms with Crippen LogP contribution in [-0.2, 0) is 19.3 Å². The maximum absolute atomic E-state index is 6.24. The second-order valence-corrected chi connectivity index (χ2v) is 5.37. The van der Waals surface area contributed by atoms with Crippen molar-refractivity contribution in [1.82, 2.24) is 9.78 Å². The Bertz CT molecular complexity index is 602. The molecule has 0 aliphatic carbocycles. The average Bonchev–Trinajstić information content (AvgIpc) is 2.80. The van der Waals surface area contributed by atoms with Gasteiger partial charge in [0.25, 0.3) is 0 Å². The van der Waals surface area contributed by atoms with Gasteiger partial charge in [0.15, 0.2) is 0 Å². The molecule has 2 N–H and O–H groups in total. The first-order valence-corrected chi connectivity index (χ1v) is 7.56. The van der Waals surface area contributed by atoms with E-state index < -0.39 is 0 Å². The zero-order valence-electron chi connectivity index (χ0n) is 12.4. The van der Waals surface area contributed by atoms with Gasteiger partial charge in [-0.15, -0.1) is 0 Å². The summed E-state index contributed by atoms with van der Waals surface area (Å²) in [6.07, 6.45) is 2.74. The molecule has 0 aliphatic heterocycles. The van der Waals surface area contributed by atoms with Gasteiger partial charge in [0.05, 0.1) is 11.4 Å². The van der Waals surface area contributed by atoms with Crippen molar-refractivity contribution >= 4 is 11.6 Å². The predicted molar refractivity (Wildman–Crippen MR) is 84.8 cm³/mol. The van der Waals surface area contributed by atoms with Crippen LogP contribution in [0.4, 0.5) is 0 Å². The van der Waals surface area contributed by atoms with Gasteiger partial charge in [-0.2, -0.15) is 5.10 Å². The van der Waals surface area contributed by atoms with Gasteiger partial charge < -0.3 is 5.73 Å². The molecular formula is C16H22ClN3. The maximum Gasteiger partial charge on any atom is 0.0664 e. The number of nitrogens with zero attached hydrogens (tertiary/aromatic N) is 2. The van der Waals surface area contributed by atoms with E-state index in [0.29, 0.717) is 6.54 Å². The lowest BCUT2D eigenvalue weighted by Gasteiger charge is -2.09. The highest BCUT2D eigenvalue weighted by Gasteiger charge is 2.16. The number of aryl methyl sites for hydroxylation is 2. The molecule has 1 aromatic heterocycles. The molecule has 0 saturated heterocycles. The quantitative estimate of drug-likeness (QED) is 0.917. The van der Waals surface area contributed by atoms with Gasteiger partial charge in [0.2, 0.25) is 0 Å². The molecule has 0 unspecified atom stereocenters. The highest BCUT2D eigenvalue weighted by atomic mass is 35.5. The van der Waals surface area contributed by atoms with Crippen LogP contribution < -0.4 is 5.73 Å². The van der Waals surface area contributed by atoms with E-state index in [9.17, 15) is 0 Å². The summed E-state index contributed by atoms with van der Waals surface area (Å²) in [6.45, 7) is 6.95. The fourth-order valence-corrected chi connectivity index (χ4v) is 2.72. The minimum absolute atomic E-state index is 0.653. The van der Waals surface area contributed by atoms with Gasteiger partial charge in [-0.25, -0.2) is 4.68 Å². The molecule has 1 heterocycles. The van der Waals surface area contributed by atoms with Crippen molar-refractivity contribution in [2.75, 3.05) is 6.54 Å². The molecule has 0 atom stereocenters. The van der Waals surface area contributed by atoms with Crippen LogP contribution in [0, 0.1) is 6.92 Å². The van der Waals surface area contributed by atoms with Gasteiger partial charge in [0, 0.05) is 10.7 Å². The summed E-state index contributed by atoms with van der Waals surface area (Å²) >= 11 is 6.24. The summed E-state index contributed by atoms with van der Waals surface area (Å²) in [5.74, 6) is 0. The van der Waals surface area contributed by atoms with Crippen LogP contribution in [0.25, 0.3) is 5.69 Å². The Morgan fingerprint density at radius 3 is 2.55 bits per heavy atom. The third kappa shape index (κ3) is 2.74. The molecule has 0 saturated carbocycles. The van der Waals surface area contributed by atoms with Gasteiger partial charge in [-0.1, -0.05) is 31.5 Å². The Balaban J connectivity index is 2.57. The van der Waals surface area contributed by atoms with Gasteiger partial charge >= 0.3 is 0 Å². The Morgan fingerprint density at radius 1 is 1.25 bits per heavy atom. The highest BCUT2D eigenvalue weighted by Crippen LogP contribution is 2.24. The zero-order chi connectivity index (χ0) is 14.7. The van der Waals surface area contributed by atoms with Crippen LogP contribution in [0.5, 0.6) is 0 Å². The van der Waals surface area contributed by atoms with E-state index in [1.54, 1.807) is 0 Å². The standard InChI is InChI=1S/C16H22ClN3/c1-4-15-13(8-9-18)16(5-2)20(19-15)12-7-6-11(3)14(17)10-12/h6-7,10H,4-5,8-9,18H2,1-3H3. The van der Waals surface area contributed by atoms with Crippen LogP contribution in [-0.4, -0.2) is 16.3 Å². The Hall–Kier alpha value is -1.32. The molecule has 2 aromatic rings. The Labute approximate surface area is 125 Å². The van der Waals surface area contributed by atoms with Crippen molar-refractivity contribution in [3.63, 3.8) is 0 Å². The molecule has 3 nitrogen and oxygen atoms in total. The number of rotatable bonds is 5. The maximum atomic E-state index is 6.24. The molecule has 0 bridgehead atoms. The summed E-state index contributed by atoms with van der Waals surface area (Å²) < 4.78 is 2.02. The van der Waals surface area contributed by atoms with Crippen LogP contribution in [0.3, 0.4) is 0 Å². The number of aromatic nitrogens is 2. The minimum Gasteiger partial charge on any atom is -0.330 e. The van der Waals surface area contributed by atoms with Gasteiger partial charge in [-0.05, 0) is 56.0 Å². The molecule has 0 spiro atoms. The third-order valence-corrected chi connectivity index (χ3v) is 4.04. The first-order valence-electron chi connectivity index (χ1n) is 7.18. The molecule has 0 aliphatic rings. The van der Waals surface area contributed by atoms with E-state index in [-0.39, 0.29) is 0 Å². The smallest absolute Gasteiger partial charge is 0.0664 e. The number of nitrogens with two attached hydrogens (primary N) is 1. The van der Waals surface area contributed by atoms with E-state index in [1.165, 1.54) is 11.3 Å². The van der Waals surface area contributed by atoms with Crippen molar-refractivity contribution in [3.8, 4) is 5.69 Å². The monoisotopic (exact) mass is 291 g/mol. The van der Waals surface area contributed by atoms with E-state index in [4.69, 9.17) is 22.4 Å². The number of halogens is 1. The van der Waals surface area contributed by atoms with E-state index in [1.807, 2.05) is 23.7 Å². The molecule has 4 heteroatoms. The van der Waals surface area contributed by atoms with Crippen LogP contribution in [0.15, 0.2) is 18.2 Å². The van der Waals surface area contributed by atoms with Crippen LogP contribution >= 0.6 is 11.6 Å². The fraction of sp³-hybridized carbons (Fsp3) is 0.438. The second kappa shape index (κ2) is 6.42. The molecule has 108 valence electrons. The van der Waals surface area contributed by atoms with Gasteiger partial charge in [-0.3, -0.25) is 0 Å². The lowest BCUT2D eigenvalue weighted by molar-refractivity contribution is 0.792. The number of hydrogen-bond acceptors (Lipinski definition) is 2. The fourth-order valence-electron chi connectivity index (χ4n) is 2.54. The minimum atomic E-state index is 0.653. The first-order chi connectivity index (χ1) is 9.62. The van der Waals surface area contributed by atoms with Crippen molar-refractivity contribution < 1.29 is 0 Å². The lowest BCUT2D eigenvalue weighted by atomic mass is 10.1.